The van der Waals surface area contributed by atoms with E-state index in [1.807, 2.05) is 12.1 Å². The predicted octanol–water partition coefficient (Wildman–Crippen LogP) is 3.03. The molecule has 0 radical (unpaired) electrons. The van der Waals surface area contributed by atoms with Gasteiger partial charge in [-0.1, -0.05) is 0 Å². The van der Waals surface area contributed by atoms with E-state index in [4.69, 9.17) is 9.47 Å². The molecule has 26 heavy (non-hydrogen) atoms. The van der Waals surface area contributed by atoms with E-state index in [0.29, 0.717) is 13.2 Å². The molecule has 0 bridgehead atoms. The summed E-state index contributed by atoms with van der Waals surface area (Å²) in [5, 5.41) is 10.8. The first kappa shape index (κ1) is 16.6. The van der Waals surface area contributed by atoms with Crippen molar-refractivity contribution < 1.29 is 18.8 Å². The van der Waals surface area contributed by atoms with Gasteiger partial charge in [-0.25, -0.2) is 4.39 Å². The van der Waals surface area contributed by atoms with Crippen LogP contribution in [0.4, 0.5) is 10.2 Å². The molecule has 0 saturated carbocycles. The maximum absolute atomic E-state index is 13.3. The highest BCUT2D eigenvalue weighted by atomic mass is 32.1. The molecule has 4 heterocycles. The Morgan fingerprint density at radius 1 is 1.46 bits per heavy atom. The molecular weight excluding hydrogens is 363 g/mol. The number of pyridine rings is 1. The van der Waals surface area contributed by atoms with Gasteiger partial charge >= 0.3 is 11.8 Å². The SMILES string of the molecule is O=[N+]([O-])c1cn2c(n1)OC[C@@H](OCc1ccc(-c3cncc(F)c3)s1)C2. The molecule has 1 atom stereocenters. The van der Waals surface area contributed by atoms with Gasteiger partial charge in [-0.2, -0.15) is 0 Å². The molecule has 3 aromatic rings. The second-order valence-corrected chi connectivity index (χ2v) is 6.86. The quantitative estimate of drug-likeness (QED) is 0.502. The van der Waals surface area contributed by atoms with Gasteiger partial charge in [0.05, 0.1) is 19.3 Å². The molecule has 10 heteroatoms. The minimum absolute atomic E-state index is 0.230. The summed E-state index contributed by atoms with van der Waals surface area (Å²) in [6, 6.07) is 5.48. The number of nitro groups is 1. The van der Waals surface area contributed by atoms with Gasteiger partial charge in [-0.15, -0.1) is 11.3 Å². The lowest BCUT2D eigenvalue weighted by Gasteiger charge is -2.22. The van der Waals surface area contributed by atoms with Crippen LogP contribution >= 0.6 is 11.3 Å². The molecule has 3 aromatic heterocycles. The predicted molar refractivity (Wildman–Crippen MR) is 90.5 cm³/mol. The fraction of sp³-hybridized carbons (Fsp3) is 0.250. The van der Waals surface area contributed by atoms with Crippen LogP contribution in [-0.4, -0.2) is 32.2 Å². The van der Waals surface area contributed by atoms with Crippen LogP contribution in [0, 0.1) is 15.9 Å². The van der Waals surface area contributed by atoms with Gasteiger partial charge in [0.2, 0.25) is 0 Å². The summed E-state index contributed by atoms with van der Waals surface area (Å²) < 4.78 is 26.1. The zero-order valence-corrected chi connectivity index (χ0v) is 14.2. The Morgan fingerprint density at radius 3 is 3.15 bits per heavy atom. The summed E-state index contributed by atoms with van der Waals surface area (Å²) in [5.41, 5.74) is 0.720. The minimum atomic E-state index is -0.557. The first-order valence-corrected chi connectivity index (χ1v) is 8.56. The van der Waals surface area contributed by atoms with Crippen LogP contribution in [0.25, 0.3) is 10.4 Å². The summed E-state index contributed by atoms with van der Waals surface area (Å²) in [6.45, 7) is 1.08. The zero-order chi connectivity index (χ0) is 18.1. The van der Waals surface area contributed by atoms with Crippen molar-refractivity contribution in [1.82, 2.24) is 14.5 Å². The summed E-state index contributed by atoms with van der Waals surface area (Å²) >= 11 is 1.50. The van der Waals surface area contributed by atoms with E-state index in [1.165, 1.54) is 29.8 Å². The van der Waals surface area contributed by atoms with Crippen molar-refractivity contribution >= 4 is 17.2 Å². The van der Waals surface area contributed by atoms with Gasteiger partial charge in [0.15, 0.2) is 0 Å². The van der Waals surface area contributed by atoms with Crippen molar-refractivity contribution in [3.63, 3.8) is 0 Å². The third kappa shape index (κ3) is 3.41. The molecule has 0 amide bonds. The minimum Gasteiger partial charge on any atom is -0.443 e. The molecule has 0 aliphatic carbocycles. The Labute approximate surface area is 151 Å². The zero-order valence-electron chi connectivity index (χ0n) is 13.4. The van der Waals surface area contributed by atoms with Crippen molar-refractivity contribution in [3.8, 4) is 16.5 Å². The number of halogens is 1. The van der Waals surface area contributed by atoms with Crippen molar-refractivity contribution in [3.05, 3.63) is 57.6 Å². The normalized spacial score (nSPS) is 16.1. The second-order valence-electron chi connectivity index (χ2n) is 5.69. The highest BCUT2D eigenvalue weighted by molar-refractivity contribution is 7.15. The number of rotatable bonds is 5. The lowest BCUT2D eigenvalue weighted by Crippen LogP contribution is -2.32. The third-order valence-electron chi connectivity index (χ3n) is 3.83. The van der Waals surface area contributed by atoms with Crippen LogP contribution in [0.5, 0.6) is 6.01 Å². The molecule has 0 spiro atoms. The molecule has 0 saturated heterocycles. The first-order valence-electron chi connectivity index (χ1n) is 7.74. The molecule has 134 valence electrons. The monoisotopic (exact) mass is 376 g/mol. The van der Waals surface area contributed by atoms with E-state index in [1.54, 1.807) is 10.8 Å². The Morgan fingerprint density at radius 2 is 2.35 bits per heavy atom. The Balaban J connectivity index is 1.38. The smallest absolute Gasteiger partial charge is 0.414 e. The number of hydrogen-bond donors (Lipinski definition) is 0. The van der Waals surface area contributed by atoms with Crippen molar-refractivity contribution in [2.24, 2.45) is 0 Å². The second kappa shape index (κ2) is 6.81. The average molecular weight is 376 g/mol. The summed E-state index contributed by atoms with van der Waals surface area (Å²) in [4.78, 5) is 19.7. The largest absolute Gasteiger partial charge is 0.443 e. The highest BCUT2D eigenvalue weighted by Gasteiger charge is 2.28. The number of imidazole rings is 1. The van der Waals surface area contributed by atoms with Crippen molar-refractivity contribution in [2.75, 3.05) is 6.61 Å². The van der Waals surface area contributed by atoms with Crippen LogP contribution in [0.3, 0.4) is 0 Å². The van der Waals surface area contributed by atoms with Crippen molar-refractivity contribution in [2.45, 2.75) is 19.3 Å². The Hall–Kier alpha value is -2.85. The molecule has 0 unspecified atom stereocenters. The molecule has 0 fully saturated rings. The van der Waals surface area contributed by atoms with Gasteiger partial charge in [-0.05, 0) is 23.1 Å². The van der Waals surface area contributed by atoms with Gasteiger partial charge in [0, 0.05) is 26.5 Å². The topological polar surface area (TPSA) is 92.3 Å². The molecular formula is C16H13FN4O4S. The first-order chi connectivity index (χ1) is 12.6. The molecule has 0 aromatic carbocycles. The Bertz CT molecular complexity index is 957. The fourth-order valence-electron chi connectivity index (χ4n) is 2.62. The molecule has 1 aliphatic rings. The molecule has 0 N–H and O–H groups in total. The van der Waals surface area contributed by atoms with E-state index in [9.17, 15) is 14.5 Å². The number of ether oxygens (including phenoxy) is 2. The van der Waals surface area contributed by atoms with E-state index >= 15 is 0 Å². The van der Waals surface area contributed by atoms with Crippen LogP contribution < -0.4 is 4.74 Å². The van der Waals surface area contributed by atoms with Gasteiger partial charge in [-0.3, -0.25) is 9.55 Å². The summed E-state index contributed by atoms with van der Waals surface area (Å²) in [6.07, 6.45) is 3.88. The van der Waals surface area contributed by atoms with Gasteiger partial charge < -0.3 is 19.6 Å². The Kier molecular flexibility index (Phi) is 4.35. The molecule has 4 rings (SSSR count). The van der Waals surface area contributed by atoms with Crippen molar-refractivity contribution in [1.29, 1.82) is 0 Å². The maximum Gasteiger partial charge on any atom is 0.414 e. The lowest BCUT2D eigenvalue weighted by atomic mass is 10.2. The van der Waals surface area contributed by atoms with Crippen LogP contribution in [0.1, 0.15) is 4.88 Å². The highest BCUT2D eigenvalue weighted by Crippen LogP contribution is 2.29. The van der Waals surface area contributed by atoms with E-state index in [2.05, 4.69) is 9.97 Å². The number of hydrogen-bond acceptors (Lipinski definition) is 7. The van der Waals surface area contributed by atoms with Gasteiger partial charge in [0.25, 0.3) is 0 Å². The van der Waals surface area contributed by atoms with Crippen LogP contribution in [-0.2, 0) is 17.9 Å². The summed E-state index contributed by atoms with van der Waals surface area (Å²) in [7, 11) is 0. The fourth-order valence-corrected chi connectivity index (χ4v) is 3.53. The number of fused-ring (bicyclic) bond motifs is 1. The third-order valence-corrected chi connectivity index (χ3v) is 4.93. The lowest BCUT2D eigenvalue weighted by molar-refractivity contribution is -0.389. The number of nitrogens with zero attached hydrogens (tertiary/aromatic N) is 4. The van der Waals surface area contributed by atoms with E-state index in [0.717, 1.165) is 15.3 Å². The molecule has 1 aliphatic heterocycles. The van der Waals surface area contributed by atoms with Gasteiger partial charge in [0.1, 0.15) is 24.7 Å². The maximum atomic E-state index is 13.3. The average Bonchev–Trinajstić information content (AvgIpc) is 3.26. The molecule has 8 nitrogen and oxygen atoms in total. The van der Waals surface area contributed by atoms with Crippen LogP contribution in [0.15, 0.2) is 36.8 Å². The summed E-state index contributed by atoms with van der Waals surface area (Å²) in [5.74, 6) is -0.620. The standard InChI is InChI=1S/C16H13FN4O4S/c17-11-3-10(4-18-5-11)14-2-1-13(26-14)9-24-12-6-20-7-15(21(22)23)19-16(20)25-8-12/h1-5,7,12H,6,8-9H2/t12-/m0/s1. The van der Waals surface area contributed by atoms with Crippen LogP contribution in [0.2, 0.25) is 0 Å². The number of aromatic nitrogens is 3. The van der Waals surface area contributed by atoms with E-state index in [-0.39, 0.29) is 30.4 Å². The van der Waals surface area contributed by atoms with E-state index < -0.39 is 4.92 Å². The number of thiophene rings is 1.